The van der Waals surface area contributed by atoms with E-state index in [1.165, 1.54) is 38.5 Å². The summed E-state index contributed by atoms with van der Waals surface area (Å²) in [5.41, 5.74) is 6.23. The fourth-order valence-electron chi connectivity index (χ4n) is 3.39. The van der Waals surface area contributed by atoms with Crippen LogP contribution in [-0.2, 0) is 0 Å². The van der Waals surface area contributed by atoms with Crippen molar-refractivity contribution < 1.29 is 5.11 Å². The molecule has 0 aliphatic heterocycles. The van der Waals surface area contributed by atoms with Crippen LogP contribution in [0.15, 0.2) is 0 Å². The van der Waals surface area contributed by atoms with Gasteiger partial charge in [0, 0.05) is 18.7 Å². The number of hydrogen-bond acceptors (Lipinski definition) is 3. The molecule has 4 N–H and O–H groups in total. The zero-order valence-electron chi connectivity index (χ0n) is 11.0. The van der Waals surface area contributed by atoms with Crippen LogP contribution in [0.1, 0.15) is 51.4 Å². The fraction of sp³-hybridized carbons (Fsp3) is 1.00. The maximum absolute atomic E-state index is 8.80. The second kappa shape index (κ2) is 6.17. The summed E-state index contributed by atoms with van der Waals surface area (Å²) in [6.45, 7) is 2.09. The average Bonchev–Trinajstić information content (AvgIpc) is 3.19. The van der Waals surface area contributed by atoms with Crippen LogP contribution in [0.5, 0.6) is 0 Å². The number of nitrogens with one attached hydrogen (secondary N) is 1. The molecule has 0 amide bonds. The zero-order chi connectivity index (χ0) is 12.1. The van der Waals surface area contributed by atoms with E-state index in [0.717, 1.165) is 37.8 Å². The minimum Gasteiger partial charge on any atom is -0.396 e. The number of aliphatic hydroxyl groups is 1. The number of unbranched alkanes of at least 4 members (excludes halogenated alkanes) is 1. The second-order valence-electron chi connectivity index (χ2n) is 6.04. The van der Waals surface area contributed by atoms with Crippen molar-refractivity contribution in [3.05, 3.63) is 0 Å². The highest BCUT2D eigenvalue weighted by molar-refractivity contribution is 4.98. The van der Waals surface area contributed by atoms with Crippen molar-refractivity contribution in [1.29, 1.82) is 0 Å². The largest absolute Gasteiger partial charge is 0.396 e. The third-order valence-corrected chi connectivity index (χ3v) is 4.65. The summed E-state index contributed by atoms with van der Waals surface area (Å²) in [4.78, 5) is 0. The monoisotopic (exact) mass is 240 g/mol. The molecule has 0 saturated heterocycles. The van der Waals surface area contributed by atoms with Gasteiger partial charge in [0.15, 0.2) is 0 Å². The van der Waals surface area contributed by atoms with Gasteiger partial charge in [0.2, 0.25) is 0 Å². The molecular formula is C14H28N2O. The molecule has 0 spiro atoms. The molecule has 2 unspecified atom stereocenters. The van der Waals surface area contributed by atoms with Gasteiger partial charge >= 0.3 is 0 Å². The molecule has 0 heterocycles. The molecule has 3 nitrogen and oxygen atoms in total. The number of nitrogens with two attached hydrogens (primary N) is 1. The van der Waals surface area contributed by atoms with Gasteiger partial charge in [0.25, 0.3) is 0 Å². The van der Waals surface area contributed by atoms with E-state index in [1.807, 2.05) is 0 Å². The molecule has 100 valence electrons. The molecular weight excluding hydrogens is 212 g/mol. The van der Waals surface area contributed by atoms with Crippen LogP contribution in [0.2, 0.25) is 0 Å². The smallest absolute Gasteiger partial charge is 0.0431 e. The first-order chi connectivity index (χ1) is 8.29. The van der Waals surface area contributed by atoms with Crippen LogP contribution >= 0.6 is 0 Å². The molecule has 2 fully saturated rings. The number of hydrogen-bond donors (Lipinski definition) is 3. The summed E-state index contributed by atoms with van der Waals surface area (Å²) < 4.78 is 0. The Bertz CT molecular complexity index is 230. The maximum atomic E-state index is 8.80. The van der Waals surface area contributed by atoms with E-state index < -0.39 is 0 Å². The lowest BCUT2D eigenvalue weighted by Crippen LogP contribution is -2.54. The molecule has 3 heteroatoms. The van der Waals surface area contributed by atoms with Crippen molar-refractivity contribution in [2.24, 2.45) is 17.6 Å². The van der Waals surface area contributed by atoms with Crippen molar-refractivity contribution >= 4 is 0 Å². The summed E-state index contributed by atoms with van der Waals surface area (Å²) in [5, 5.41) is 12.5. The maximum Gasteiger partial charge on any atom is 0.0431 e. The molecule has 2 atom stereocenters. The van der Waals surface area contributed by atoms with E-state index in [4.69, 9.17) is 10.8 Å². The van der Waals surface area contributed by atoms with Gasteiger partial charge < -0.3 is 16.2 Å². The summed E-state index contributed by atoms with van der Waals surface area (Å²) in [6.07, 6.45) is 10.2. The van der Waals surface area contributed by atoms with E-state index in [9.17, 15) is 0 Å². The quantitative estimate of drug-likeness (QED) is 0.593. The molecule has 0 aromatic rings. The van der Waals surface area contributed by atoms with Crippen LogP contribution in [0.4, 0.5) is 0 Å². The molecule has 0 bridgehead atoms. The Hall–Kier alpha value is -0.120. The van der Waals surface area contributed by atoms with Crippen molar-refractivity contribution in [2.45, 2.75) is 56.9 Å². The van der Waals surface area contributed by atoms with Gasteiger partial charge in [-0.05, 0) is 56.9 Å². The number of rotatable bonds is 7. The molecule has 2 rings (SSSR count). The Morgan fingerprint density at radius 3 is 2.65 bits per heavy atom. The van der Waals surface area contributed by atoms with Gasteiger partial charge in [-0.3, -0.25) is 0 Å². The molecule has 2 aliphatic rings. The van der Waals surface area contributed by atoms with Gasteiger partial charge in [0.1, 0.15) is 0 Å². The summed E-state index contributed by atoms with van der Waals surface area (Å²) in [7, 11) is 0. The second-order valence-corrected chi connectivity index (χ2v) is 6.04. The molecule has 2 saturated carbocycles. The first-order valence-electron chi connectivity index (χ1n) is 7.36. The van der Waals surface area contributed by atoms with Gasteiger partial charge in [-0.25, -0.2) is 0 Å². The van der Waals surface area contributed by atoms with Crippen molar-refractivity contribution in [2.75, 3.05) is 19.7 Å². The molecule has 0 radical (unpaired) electrons. The van der Waals surface area contributed by atoms with Crippen molar-refractivity contribution in [3.8, 4) is 0 Å². The van der Waals surface area contributed by atoms with E-state index in [1.54, 1.807) is 0 Å². The predicted molar refractivity (Wildman–Crippen MR) is 70.8 cm³/mol. The van der Waals surface area contributed by atoms with Crippen molar-refractivity contribution in [3.63, 3.8) is 0 Å². The Labute approximate surface area is 105 Å². The number of aliphatic hydroxyl groups excluding tert-OH is 1. The van der Waals surface area contributed by atoms with E-state index >= 15 is 0 Å². The Morgan fingerprint density at radius 1 is 1.18 bits per heavy atom. The lowest BCUT2D eigenvalue weighted by Gasteiger charge is -2.41. The van der Waals surface area contributed by atoms with Crippen LogP contribution in [0, 0.1) is 11.8 Å². The zero-order valence-corrected chi connectivity index (χ0v) is 11.0. The highest BCUT2D eigenvalue weighted by Crippen LogP contribution is 2.46. The van der Waals surface area contributed by atoms with Crippen molar-refractivity contribution in [1.82, 2.24) is 5.32 Å². The van der Waals surface area contributed by atoms with E-state index in [-0.39, 0.29) is 5.54 Å². The third kappa shape index (κ3) is 3.67. The van der Waals surface area contributed by atoms with Gasteiger partial charge in [-0.1, -0.05) is 12.8 Å². The first kappa shape index (κ1) is 13.3. The average molecular weight is 240 g/mol. The first-order valence-corrected chi connectivity index (χ1v) is 7.36. The Morgan fingerprint density at radius 2 is 2.00 bits per heavy atom. The topological polar surface area (TPSA) is 58.3 Å². The van der Waals surface area contributed by atoms with Gasteiger partial charge in [0.05, 0.1) is 0 Å². The highest BCUT2D eigenvalue weighted by atomic mass is 16.2. The molecule has 0 aromatic carbocycles. The van der Waals surface area contributed by atoms with Crippen LogP contribution < -0.4 is 11.1 Å². The molecule has 2 aliphatic carbocycles. The third-order valence-electron chi connectivity index (χ3n) is 4.65. The SMILES string of the molecule is NCC1(NCCCCO)CCCC(C2CC2)C1. The van der Waals surface area contributed by atoms with Crippen LogP contribution in [-0.4, -0.2) is 30.3 Å². The minimum absolute atomic E-state index is 0.209. The van der Waals surface area contributed by atoms with E-state index in [2.05, 4.69) is 5.32 Å². The van der Waals surface area contributed by atoms with Gasteiger partial charge in [-0.15, -0.1) is 0 Å². The Balaban J connectivity index is 1.79. The fourth-order valence-corrected chi connectivity index (χ4v) is 3.39. The molecule has 0 aromatic heterocycles. The normalized spacial score (nSPS) is 33.9. The van der Waals surface area contributed by atoms with Crippen LogP contribution in [0.3, 0.4) is 0 Å². The minimum atomic E-state index is 0.209. The summed E-state index contributed by atoms with van der Waals surface area (Å²) >= 11 is 0. The standard InChI is InChI=1S/C14H28N2O/c15-11-14(16-8-1-2-9-17)7-3-4-13(10-14)12-5-6-12/h12-13,16-17H,1-11,15H2. The lowest BCUT2D eigenvalue weighted by molar-refractivity contribution is 0.168. The predicted octanol–water partition coefficient (Wildman–Crippen LogP) is 1.65. The van der Waals surface area contributed by atoms with Crippen LogP contribution in [0.25, 0.3) is 0 Å². The van der Waals surface area contributed by atoms with E-state index in [0.29, 0.717) is 6.61 Å². The molecule has 17 heavy (non-hydrogen) atoms. The lowest BCUT2D eigenvalue weighted by atomic mass is 9.73. The van der Waals surface area contributed by atoms with Gasteiger partial charge in [-0.2, -0.15) is 0 Å². The Kier molecular flexibility index (Phi) is 4.83. The summed E-state index contributed by atoms with van der Waals surface area (Å²) in [6, 6.07) is 0. The highest BCUT2D eigenvalue weighted by Gasteiger charge is 2.40. The summed E-state index contributed by atoms with van der Waals surface area (Å²) in [5.74, 6) is 1.94.